The lowest BCUT2D eigenvalue weighted by Crippen LogP contribution is -2.19. The summed E-state index contributed by atoms with van der Waals surface area (Å²) in [4.78, 5) is 16.4. The van der Waals surface area contributed by atoms with E-state index < -0.39 is 17.6 Å². The summed E-state index contributed by atoms with van der Waals surface area (Å²) in [6.07, 6.45) is 4.34. The molecule has 4 nitrogen and oxygen atoms in total. The van der Waals surface area contributed by atoms with Crippen LogP contribution in [0.2, 0.25) is 0 Å². The van der Waals surface area contributed by atoms with Crippen LogP contribution >= 0.6 is 0 Å². The summed E-state index contributed by atoms with van der Waals surface area (Å²) in [7, 11) is 0. The molecule has 0 unspecified atom stereocenters. The van der Waals surface area contributed by atoms with E-state index in [1.807, 2.05) is 0 Å². The molecule has 2 N–H and O–H groups in total. The van der Waals surface area contributed by atoms with Crippen molar-refractivity contribution in [1.82, 2.24) is 4.98 Å². The first-order chi connectivity index (χ1) is 12.9. The topological polar surface area (TPSA) is 54.0 Å². The number of halogens is 3. The van der Waals surface area contributed by atoms with Crippen molar-refractivity contribution in [2.45, 2.75) is 50.7 Å². The predicted molar refractivity (Wildman–Crippen MR) is 98.7 cm³/mol. The highest BCUT2D eigenvalue weighted by molar-refractivity contribution is 6.03. The van der Waals surface area contributed by atoms with Crippen LogP contribution < -0.4 is 10.6 Å². The van der Waals surface area contributed by atoms with Crippen LogP contribution in [0.15, 0.2) is 42.6 Å². The highest BCUT2D eigenvalue weighted by Crippen LogP contribution is 2.30. The number of pyridine rings is 1. The normalized spacial score (nSPS) is 15.8. The largest absolute Gasteiger partial charge is 0.416 e. The first-order valence-corrected chi connectivity index (χ1v) is 9.13. The lowest BCUT2D eigenvalue weighted by Gasteiger charge is -2.17. The number of benzene rings is 1. The van der Waals surface area contributed by atoms with E-state index in [1.54, 1.807) is 18.3 Å². The molecule has 0 aliphatic heterocycles. The summed E-state index contributed by atoms with van der Waals surface area (Å²) in [5, 5.41) is 5.90. The third-order valence-corrected chi connectivity index (χ3v) is 4.67. The van der Waals surface area contributed by atoms with Gasteiger partial charge >= 0.3 is 6.18 Å². The van der Waals surface area contributed by atoms with Gasteiger partial charge in [-0.15, -0.1) is 0 Å². The average molecular weight is 377 g/mol. The number of carbonyl (C=O) groups excluding carboxylic acids is 1. The second-order valence-electron chi connectivity index (χ2n) is 6.80. The van der Waals surface area contributed by atoms with Gasteiger partial charge in [0.25, 0.3) is 5.91 Å². The molecule has 144 valence electrons. The highest BCUT2D eigenvalue weighted by Gasteiger charge is 2.30. The SMILES string of the molecule is O=C(Nc1cccc(C(F)(F)F)c1)c1ccc(NC2CCCCCC2)cn1. The van der Waals surface area contributed by atoms with Crippen LogP contribution in [0, 0.1) is 0 Å². The van der Waals surface area contributed by atoms with Crippen LogP contribution in [0.25, 0.3) is 0 Å². The number of hydrogen-bond acceptors (Lipinski definition) is 3. The van der Waals surface area contributed by atoms with Crippen molar-refractivity contribution in [3.63, 3.8) is 0 Å². The summed E-state index contributed by atoms with van der Waals surface area (Å²) in [6, 6.07) is 8.29. The van der Waals surface area contributed by atoms with Gasteiger partial charge in [-0.25, -0.2) is 4.98 Å². The Hall–Kier alpha value is -2.57. The van der Waals surface area contributed by atoms with E-state index in [0.29, 0.717) is 6.04 Å². The van der Waals surface area contributed by atoms with Gasteiger partial charge in [-0.3, -0.25) is 4.79 Å². The second-order valence-corrected chi connectivity index (χ2v) is 6.80. The summed E-state index contributed by atoms with van der Waals surface area (Å²) < 4.78 is 38.3. The molecule has 1 aromatic carbocycles. The first-order valence-electron chi connectivity index (χ1n) is 9.13. The molecule has 1 heterocycles. The lowest BCUT2D eigenvalue weighted by molar-refractivity contribution is -0.137. The third-order valence-electron chi connectivity index (χ3n) is 4.67. The Morgan fingerprint density at radius 1 is 1.00 bits per heavy atom. The van der Waals surface area contributed by atoms with Crippen molar-refractivity contribution in [1.29, 1.82) is 0 Å². The monoisotopic (exact) mass is 377 g/mol. The zero-order valence-electron chi connectivity index (χ0n) is 14.9. The molecule has 1 saturated carbocycles. The minimum absolute atomic E-state index is 0.0808. The van der Waals surface area contributed by atoms with Gasteiger partial charge in [0.2, 0.25) is 0 Å². The molecule has 0 saturated heterocycles. The Labute approximate surface area is 156 Å². The van der Waals surface area contributed by atoms with Gasteiger partial charge in [0.1, 0.15) is 5.69 Å². The van der Waals surface area contributed by atoms with Crippen molar-refractivity contribution in [3.8, 4) is 0 Å². The molecule has 7 heteroatoms. The van der Waals surface area contributed by atoms with Crippen LogP contribution in [-0.2, 0) is 6.18 Å². The van der Waals surface area contributed by atoms with Gasteiger partial charge in [-0.05, 0) is 43.2 Å². The van der Waals surface area contributed by atoms with E-state index in [0.717, 1.165) is 30.7 Å². The van der Waals surface area contributed by atoms with E-state index in [1.165, 1.54) is 37.8 Å². The molecule has 2 aromatic rings. The fraction of sp³-hybridized carbons (Fsp3) is 0.400. The van der Waals surface area contributed by atoms with Crippen LogP contribution in [0.1, 0.15) is 54.6 Å². The predicted octanol–water partition coefficient (Wildman–Crippen LogP) is 5.49. The number of alkyl halides is 3. The number of hydrogen-bond donors (Lipinski definition) is 2. The maximum absolute atomic E-state index is 12.8. The van der Waals surface area contributed by atoms with Gasteiger partial charge in [-0.1, -0.05) is 31.7 Å². The summed E-state index contributed by atoms with van der Waals surface area (Å²) in [5.74, 6) is -0.546. The number of amides is 1. The minimum atomic E-state index is -4.45. The summed E-state index contributed by atoms with van der Waals surface area (Å²) >= 11 is 0. The zero-order chi connectivity index (χ0) is 19.3. The molecule has 1 aliphatic carbocycles. The first kappa shape index (κ1) is 19.2. The van der Waals surface area contributed by atoms with Gasteiger partial charge in [-0.2, -0.15) is 13.2 Å². The Balaban J connectivity index is 1.62. The van der Waals surface area contributed by atoms with E-state index in [4.69, 9.17) is 0 Å². The van der Waals surface area contributed by atoms with E-state index in [9.17, 15) is 18.0 Å². The number of aromatic nitrogens is 1. The number of nitrogens with zero attached hydrogens (tertiary/aromatic N) is 1. The van der Waals surface area contributed by atoms with Crippen LogP contribution in [0.4, 0.5) is 24.5 Å². The smallest absolute Gasteiger partial charge is 0.381 e. The fourth-order valence-electron chi connectivity index (χ4n) is 3.24. The Morgan fingerprint density at radius 3 is 2.37 bits per heavy atom. The van der Waals surface area contributed by atoms with Gasteiger partial charge in [0.15, 0.2) is 0 Å². The van der Waals surface area contributed by atoms with E-state index >= 15 is 0 Å². The highest BCUT2D eigenvalue weighted by atomic mass is 19.4. The second kappa shape index (κ2) is 8.41. The molecular weight excluding hydrogens is 355 g/mol. The molecule has 1 aliphatic rings. The molecule has 27 heavy (non-hydrogen) atoms. The standard InChI is InChI=1S/C20H22F3N3O/c21-20(22,23)14-6-5-9-16(12-14)26-19(27)18-11-10-17(13-24-18)25-15-7-3-1-2-4-8-15/h5-6,9-13,15,25H,1-4,7-8H2,(H,26,27). The lowest BCUT2D eigenvalue weighted by atomic mass is 10.1. The van der Waals surface area contributed by atoms with Crippen molar-refractivity contribution < 1.29 is 18.0 Å². The third kappa shape index (κ3) is 5.45. The molecule has 0 atom stereocenters. The van der Waals surface area contributed by atoms with Crippen molar-refractivity contribution in [2.75, 3.05) is 10.6 Å². The molecular formula is C20H22F3N3O. The number of rotatable bonds is 4. The molecule has 0 bridgehead atoms. The maximum atomic E-state index is 12.8. The molecule has 1 fully saturated rings. The van der Waals surface area contributed by atoms with Crippen molar-refractivity contribution >= 4 is 17.3 Å². The molecule has 3 rings (SSSR count). The summed E-state index contributed by atoms with van der Waals surface area (Å²) in [5.41, 5.74) is 0.268. The van der Waals surface area contributed by atoms with Crippen LogP contribution in [0.5, 0.6) is 0 Å². The zero-order valence-corrected chi connectivity index (χ0v) is 14.9. The van der Waals surface area contributed by atoms with E-state index in [-0.39, 0.29) is 11.4 Å². The van der Waals surface area contributed by atoms with Gasteiger partial charge < -0.3 is 10.6 Å². The molecule has 1 aromatic heterocycles. The van der Waals surface area contributed by atoms with Gasteiger partial charge in [0.05, 0.1) is 17.4 Å². The number of carbonyl (C=O) groups is 1. The van der Waals surface area contributed by atoms with Crippen LogP contribution in [-0.4, -0.2) is 16.9 Å². The quantitative estimate of drug-likeness (QED) is 0.693. The average Bonchev–Trinajstić information content (AvgIpc) is 2.90. The van der Waals surface area contributed by atoms with Crippen LogP contribution in [0.3, 0.4) is 0 Å². The number of anilines is 2. The van der Waals surface area contributed by atoms with Crippen molar-refractivity contribution in [2.24, 2.45) is 0 Å². The molecule has 0 spiro atoms. The van der Waals surface area contributed by atoms with Crippen molar-refractivity contribution in [3.05, 3.63) is 53.9 Å². The fourth-order valence-corrected chi connectivity index (χ4v) is 3.24. The minimum Gasteiger partial charge on any atom is -0.381 e. The number of nitrogens with one attached hydrogen (secondary N) is 2. The molecule has 1 amide bonds. The Bertz CT molecular complexity index is 767. The van der Waals surface area contributed by atoms with E-state index in [2.05, 4.69) is 15.6 Å². The summed E-state index contributed by atoms with van der Waals surface area (Å²) in [6.45, 7) is 0. The Kier molecular flexibility index (Phi) is 5.98. The maximum Gasteiger partial charge on any atom is 0.416 e. The Morgan fingerprint density at radius 2 is 1.74 bits per heavy atom. The van der Waals surface area contributed by atoms with Gasteiger partial charge in [0, 0.05) is 11.7 Å². The molecule has 0 radical (unpaired) electrons.